The van der Waals surface area contributed by atoms with Crippen LogP contribution >= 0.6 is 0 Å². The minimum absolute atomic E-state index is 0.0664. The van der Waals surface area contributed by atoms with Gasteiger partial charge >= 0.3 is 12.1 Å². The molecule has 7 nitrogen and oxygen atoms in total. The Bertz CT molecular complexity index is 382. The second kappa shape index (κ2) is 4.10. The minimum atomic E-state index is -1.35. The molecule has 7 heteroatoms. The number of rotatable bonds is 1. The van der Waals surface area contributed by atoms with E-state index in [1.807, 2.05) is 0 Å². The lowest BCUT2D eigenvalue weighted by atomic mass is 9.90. The van der Waals surface area contributed by atoms with Gasteiger partial charge in [-0.05, 0) is 20.3 Å². The van der Waals surface area contributed by atoms with Crippen molar-refractivity contribution >= 4 is 12.1 Å². The molecule has 0 radical (unpaired) electrons. The van der Waals surface area contributed by atoms with E-state index in [1.54, 1.807) is 13.8 Å². The van der Waals surface area contributed by atoms with Crippen molar-refractivity contribution in [1.82, 2.24) is 4.90 Å². The third-order valence-electron chi connectivity index (χ3n) is 3.26. The zero-order valence-corrected chi connectivity index (χ0v) is 10.6. The number of esters is 1. The summed E-state index contributed by atoms with van der Waals surface area (Å²) in [6, 6.07) is 0. The van der Waals surface area contributed by atoms with E-state index in [1.165, 1.54) is 7.11 Å². The highest BCUT2D eigenvalue weighted by Gasteiger charge is 2.62. The first-order chi connectivity index (χ1) is 8.31. The monoisotopic (exact) mass is 259 g/mol. The third-order valence-corrected chi connectivity index (χ3v) is 3.26. The van der Waals surface area contributed by atoms with Crippen LogP contribution in [-0.2, 0) is 19.0 Å². The highest BCUT2D eigenvalue weighted by atomic mass is 16.8. The molecule has 0 spiro atoms. The van der Waals surface area contributed by atoms with Crippen molar-refractivity contribution in [1.29, 1.82) is 0 Å². The molecule has 2 saturated heterocycles. The standard InChI is InChI=1S/C11H17NO6/c1-10(2)17-7-4-5-12(9(14)15)6-11(7,18-10)8(13)16-3/h7H,4-6H2,1-3H3,(H,14,15)/t7-,11+/m1/s1. The van der Waals surface area contributed by atoms with Gasteiger partial charge in [0, 0.05) is 6.54 Å². The van der Waals surface area contributed by atoms with E-state index < -0.39 is 29.6 Å². The van der Waals surface area contributed by atoms with Crippen molar-refractivity contribution in [3.05, 3.63) is 0 Å². The zero-order valence-electron chi connectivity index (χ0n) is 10.6. The molecule has 0 aromatic carbocycles. The Labute approximate surface area is 105 Å². The number of hydrogen-bond donors (Lipinski definition) is 1. The Morgan fingerprint density at radius 2 is 2.11 bits per heavy atom. The molecule has 0 saturated carbocycles. The van der Waals surface area contributed by atoms with Gasteiger partial charge in [-0.15, -0.1) is 0 Å². The molecular weight excluding hydrogens is 242 g/mol. The predicted octanol–water partition coefficient (Wildman–Crippen LogP) is 0.433. The predicted molar refractivity (Wildman–Crippen MR) is 59.0 cm³/mol. The maximum Gasteiger partial charge on any atom is 0.407 e. The Kier molecular flexibility index (Phi) is 2.98. The fraction of sp³-hybridized carbons (Fsp3) is 0.818. The van der Waals surface area contributed by atoms with Crippen LogP contribution in [0.25, 0.3) is 0 Å². The fourth-order valence-electron chi connectivity index (χ4n) is 2.60. The van der Waals surface area contributed by atoms with E-state index >= 15 is 0 Å². The van der Waals surface area contributed by atoms with Crippen LogP contribution in [0, 0.1) is 0 Å². The summed E-state index contributed by atoms with van der Waals surface area (Å²) in [4.78, 5) is 24.2. The van der Waals surface area contributed by atoms with Crippen molar-refractivity contribution in [3.8, 4) is 0 Å². The number of carbonyl (C=O) groups excluding carboxylic acids is 1. The SMILES string of the molecule is COC(=O)[C@]12CN(C(=O)O)CC[C@H]1OC(C)(C)O2. The number of ether oxygens (including phenoxy) is 3. The second-order valence-corrected chi connectivity index (χ2v) is 4.98. The average Bonchev–Trinajstić information content (AvgIpc) is 2.57. The van der Waals surface area contributed by atoms with Gasteiger partial charge in [0.25, 0.3) is 0 Å². The van der Waals surface area contributed by atoms with Crippen LogP contribution in [0.15, 0.2) is 0 Å². The first-order valence-electron chi connectivity index (χ1n) is 5.75. The summed E-state index contributed by atoms with van der Waals surface area (Å²) in [6.07, 6.45) is -1.15. The lowest BCUT2D eigenvalue weighted by Crippen LogP contribution is -2.61. The Balaban J connectivity index is 2.32. The van der Waals surface area contributed by atoms with Crippen molar-refractivity contribution < 1.29 is 28.9 Å². The van der Waals surface area contributed by atoms with Crippen LogP contribution in [0.2, 0.25) is 0 Å². The van der Waals surface area contributed by atoms with Crippen LogP contribution in [0.4, 0.5) is 4.79 Å². The maximum atomic E-state index is 12.0. The fourth-order valence-corrected chi connectivity index (χ4v) is 2.60. The summed E-state index contributed by atoms with van der Waals surface area (Å²) in [5.74, 6) is -1.52. The van der Waals surface area contributed by atoms with Crippen molar-refractivity contribution in [2.75, 3.05) is 20.2 Å². The molecular formula is C11H17NO6. The number of piperidine rings is 1. The van der Waals surface area contributed by atoms with E-state index in [-0.39, 0.29) is 6.54 Å². The number of likely N-dealkylation sites (tertiary alicyclic amines) is 1. The van der Waals surface area contributed by atoms with Gasteiger partial charge in [0.2, 0.25) is 5.60 Å². The van der Waals surface area contributed by atoms with Gasteiger partial charge in [0.1, 0.15) is 6.10 Å². The number of fused-ring (bicyclic) bond motifs is 1. The van der Waals surface area contributed by atoms with Gasteiger partial charge in [-0.25, -0.2) is 9.59 Å². The Morgan fingerprint density at radius 1 is 1.44 bits per heavy atom. The summed E-state index contributed by atoms with van der Waals surface area (Å²) in [7, 11) is 1.25. The van der Waals surface area contributed by atoms with Crippen LogP contribution in [0.5, 0.6) is 0 Å². The van der Waals surface area contributed by atoms with Crippen LogP contribution in [0.3, 0.4) is 0 Å². The van der Waals surface area contributed by atoms with Gasteiger partial charge < -0.3 is 24.2 Å². The zero-order chi connectivity index (χ0) is 13.6. The second-order valence-electron chi connectivity index (χ2n) is 4.98. The molecule has 2 aliphatic rings. The number of hydrogen-bond acceptors (Lipinski definition) is 5. The minimum Gasteiger partial charge on any atom is -0.467 e. The molecule has 18 heavy (non-hydrogen) atoms. The number of methoxy groups -OCH3 is 1. The van der Waals surface area contributed by atoms with E-state index in [0.717, 1.165) is 4.90 Å². The highest BCUT2D eigenvalue weighted by Crippen LogP contribution is 2.41. The highest BCUT2D eigenvalue weighted by molar-refractivity contribution is 5.82. The van der Waals surface area contributed by atoms with E-state index in [2.05, 4.69) is 0 Å². The Morgan fingerprint density at radius 3 is 2.67 bits per heavy atom. The topological polar surface area (TPSA) is 85.3 Å². The molecule has 0 aliphatic carbocycles. The maximum absolute atomic E-state index is 12.0. The van der Waals surface area contributed by atoms with Gasteiger partial charge in [-0.1, -0.05) is 0 Å². The third kappa shape index (κ3) is 1.93. The van der Waals surface area contributed by atoms with Crippen molar-refractivity contribution in [2.45, 2.75) is 37.8 Å². The van der Waals surface area contributed by atoms with Crippen LogP contribution in [-0.4, -0.2) is 59.8 Å². The molecule has 0 aromatic rings. The number of amides is 1. The van der Waals surface area contributed by atoms with Gasteiger partial charge in [0.05, 0.1) is 13.7 Å². The summed E-state index contributed by atoms with van der Waals surface area (Å²) in [5, 5.41) is 9.03. The molecule has 2 fully saturated rings. The Hall–Kier alpha value is -1.34. The number of nitrogens with zero attached hydrogens (tertiary/aromatic N) is 1. The smallest absolute Gasteiger partial charge is 0.407 e. The molecule has 102 valence electrons. The van der Waals surface area contributed by atoms with Gasteiger partial charge in [0.15, 0.2) is 5.79 Å². The van der Waals surface area contributed by atoms with Crippen LogP contribution in [0.1, 0.15) is 20.3 Å². The molecule has 1 N–H and O–H groups in total. The largest absolute Gasteiger partial charge is 0.467 e. The van der Waals surface area contributed by atoms with Crippen molar-refractivity contribution in [2.24, 2.45) is 0 Å². The first-order valence-corrected chi connectivity index (χ1v) is 5.75. The molecule has 0 bridgehead atoms. The first kappa shape index (κ1) is 13.1. The van der Waals surface area contributed by atoms with E-state index in [4.69, 9.17) is 19.3 Å². The molecule has 0 aromatic heterocycles. The molecule has 0 unspecified atom stereocenters. The average molecular weight is 259 g/mol. The van der Waals surface area contributed by atoms with E-state index in [9.17, 15) is 9.59 Å². The summed E-state index contributed by atoms with van der Waals surface area (Å²) < 4.78 is 16.1. The van der Waals surface area contributed by atoms with Crippen LogP contribution < -0.4 is 0 Å². The lowest BCUT2D eigenvalue weighted by Gasteiger charge is -2.38. The molecule has 1 amide bonds. The summed E-state index contributed by atoms with van der Waals surface area (Å²) in [5.41, 5.74) is -1.35. The summed E-state index contributed by atoms with van der Waals surface area (Å²) >= 11 is 0. The van der Waals surface area contributed by atoms with Crippen molar-refractivity contribution in [3.63, 3.8) is 0 Å². The molecule has 2 heterocycles. The van der Waals surface area contributed by atoms with E-state index in [0.29, 0.717) is 13.0 Å². The molecule has 2 rings (SSSR count). The lowest BCUT2D eigenvalue weighted by molar-refractivity contribution is -0.189. The quantitative estimate of drug-likeness (QED) is 0.687. The number of carbonyl (C=O) groups is 2. The molecule has 2 atom stereocenters. The van der Waals surface area contributed by atoms with Gasteiger partial charge in [-0.2, -0.15) is 0 Å². The molecule has 2 aliphatic heterocycles. The van der Waals surface area contributed by atoms with Gasteiger partial charge in [-0.3, -0.25) is 0 Å². The summed E-state index contributed by atoms with van der Waals surface area (Å²) in [6.45, 7) is 3.64. The normalized spacial score (nSPS) is 33.9. The number of carboxylic acid groups (broad SMARTS) is 1.